The first-order valence-corrected chi connectivity index (χ1v) is 8.70. The first-order chi connectivity index (χ1) is 11.2. The van der Waals surface area contributed by atoms with Crippen molar-refractivity contribution in [2.75, 3.05) is 0 Å². The van der Waals surface area contributed by atoms with Crippen LogP contribution in [0.15, 0.2) is 30.3 Å². The van der Waals surface area contributed by atoms with E-state index in [0.717, 1.165) is 24.1 Å². The van der Waals surface area contributed by atoms with Crippen LogP contribution in [0.3, 0.4) is 0 Å². The number of amides is 1. The molecule has 0 unspecified atom stereocenters. The first-order valence-electron chi connectivity index (χ1n) is 8.32. The van der Waals surface area contributed by atoms with E-state index in [2.05, 4.69) is 10.4 Å². The lowest BCUT2D eigenvalue weighted by Crippen LogP contribution is -2.36. The van der Waals surface area contributed by atoms with Crippen LogP contribution in [-0.2, 0) is 6.54 Å². The Morgan fingerprint density at radius 1 is 1.30 bits per heavy atom. The summed E-state index contributed by atoms with van der Waals surface area (Å²) in [6.07, 6.45) is 5.81. The van der Waals surface area contributed by atoms with Gasteiger partial charge in [0.25, 0.3) is 5.91 Å². The van der Waals surface area contributed by atoms with E-state index in [-0.39, 0.29) is 11.9 Å². The first kappa shape index (κ1) is 16.1. The van der Waals surface area contributed by atoms with Gasteiger partial charge >= 0.3 is 0 Å². The zero-order chi connectivity index (χ0) is 16.2. The molecule has 2 aromatic rings. The van der Waals surface area contributed by atoms with Gasteiger partial charge in [0.1, 0.15) is 0 Å². The molecule has 0 aliphatic heterocycles. The largest absolute Gasteiger partial charge is 0.348 e. The molecule has 0 atom stereocenters. The van der Waals surface area contributed by atoms with E-state index in [1.165, 1.54) is 19.3 Å². The van der Waals surface area contributed by atoms with Gasteiger partial charge in [-0.3, -0.25) is 9.48 Å². The van der Waals surface area contributed by atoms with Gasteiger partial charge in [0.05, 0.1) is 5.69 Å². The highest BCUT2D eigenvalue weighted by Crippen LogP contribution is 2.24. The molecule has 1 amide bonds. The fourth-order valence-electron chi connectivity index (χ4n) is 3.16. The number of rotatable bonds is 4. The molecular weight excluding hydrogens is 310 g/mol. The van der Waals surface area contributed by atoms with Gasteiger partial charge in [-0.05, 0) is 38.0 Å². The van der Waals surface area contributed by atoms with Crippen LogP contribution in [0.25, 0.3) is 11.3 Å². The van der Waals surface area contributed by atoms with Crippen molar-refractivity contribution in [1.29, 1.82) is 0 Å². The van der Waals surface area contributed by atoms with Crippen LogP contribution < -0.4 is 5.32 Å². The van der Waals surface area contributed by atoms with Gasteiger partial charge in [-0.2, -0.15) is 5.10 Å². The molecule has 1 aliphatic rings. The smallest absolute Gasteiger partial charge is 0.272 e. The number of halogens is 1. The van der Waals surface area contributed by atoms with E-state index in [4.69, 9.17) is 11.6 Å². The van der Waals surface area contributed by atoms with Crippen LogP contribution in [0.1, 0.15) is 49.5 Å². The third kappa shape index (κ3) is 3.75. The van der Waals surface area contributed by atoms with E-state index in [1.54, 1.807) is 0 Å². The molecule has 5 heteroatoms. The normalized spacial score (nSPS) is 15.6. The predicted molar refractivity (Wildman–Crippen MR) is 92.7 cm³/mol. The maximum absolute atomic E-state index is 12.5. The Balaban J connectivity index is 1.82. The number of nitrogens with zero attached hydrogens (tertiary/aromatic N) is 2. The van der Waals surface area contributed by atoms with E-state index in [1.807, 2.05) is 41.9 Å². The zero-order valence-electron chi connectivity index (χ0n) is 13.4. The lowest BCUT2D eigenvalue weighted by Gasteiger charge is -2.22. The van der Waals surface area contributed by atoms with Gasteiger partial charge in [-0.15, -0.1) is 0 Å². The summed E-state index contributed by atoms with van der Waals surface area (Å²) in [5.41, 5.74) is 2.37. The Hall–Kier alpha value is -1.81. The molecular formula is C18H22ClN3O. The average molecular weight is 332 g/mol. The number of benzene rings is 1. The average Bonchev–Trinajstić information content (AvgIpc) is 3.00. The molecule has 4 nitrogen and oxygen atoms in total. The number of hydrogen-bond acceptors (Lipinski definition) is 2. The van der Waals surface area contributed by atoms with E-state index >= 15 is 0 Å². The maximum atomic E-state index is 12.5. The highest BCUT2D eigenvalue weighted by Gasteiger charge is 2.20. The standard InChI is InChI=1S/C18H22ClN3O/c1-2-22-17(13-7-6-8-14(19)11-13)12-16(21-22)18(23)20-15-9-4-3-5-10-15/h6-8,11-12,15H,2-5,9-10H2,1H3,(H,20,23). The lowest BCUT2D eigenvalue weighted by atomic mass is 9.95. The predicted octanol–water partition coefficient (Wildman–Crippen LogP) is 4.29. The lowest BCUT2D eigenvalue weighted by molar-refractivity contribution is 0.0922. The van der Waals surface area contributed by atoms with Crippen LogP contribution in [0, 0.1) is 0 Å². The molecule has 1 aromatic carbocycles. The molecule has 1 heterocycles. The zero-order valence-corrected chi connectivity index (χ0v) is 14.1. The summed E-state index contributed by atoms with van der Waals surface area (Å²) >= 11 is 6.08. The van der Waals surface area contributed by atoms with Crippen molar-refractivity contribution < 1.29 is 4.79 Å². The highest BCUT2D eigenvalue weighted by atomic mass is 35.5. The molecule has 0 saturated heterocycles. The number of nitrogens with one attached hydrogen (secondary N) is 1. The van der Waals surface area contributed by atoms with Gasteiger partial charge in [-0.25, -0.2) is 0 Å². The number of aryl methyl sites for hydroxylation is 1. The highest BCUT2D eigenvalue weighted by molar-refractivity contribution is 6.30. The molecule has 3 rings (SSSR count). The minimum atomic E-state index is -0.0765. The number of carbonyl (C=O) groups is 1. The minimum absolute atomic E-state index is 0.0765. The molecule has 0 radical (unpaired) electrons. The van der Waals surface area contributed by atoms with Crippen molar-refractivity contribution in [2.45, 2.75) is 51.6 Å². The molecule has 1 aromatic heterocycles. The third-order valence-electron chi connectivity index (χ3n) is 4.37. The molecule has 1 fully saturated rings. The van der Waals surface area contributed by atoms with Crippen LogP contribution in [0.5, 0.6) is 0 Å². The van der Waals surface area contributed by atoms with Crippen molar-refractivity contribution >= 4 is 17.5 Å². The molecule has 1 N–H and O–H groups in total. The SMILES string of the molecule is CCn1nc(C(=O)NC2CCCCC2)cc1-c1cccc(Cl)c1. The minimum Gasteiger partial charge on any atom is -0.348 e. The summed E-state index contributed by atoms with van der Waals surface area (Å²) in [5, 5.41) is 8.26. The summed E-state index contributed by atoms with van der Waals surface area (Å²) in [7, 11) is 0. The topological polar surface area (TPSA) is 46.9 Å². The molecule has 122 valence electrons. The van der Waals surface area contributed by atoms with Crippen LogP contribution in [0.2, 0.25) is 5.02 Å². The molecule has 23 heavy (non-hydrogen) atoms. The van der Waals surface area contributed by atoms with Crippen molar-refractivity contribution in [1.82, 2.24) is 15.1 Å². The van der Waals surface area contributed by atoms with Gasteiger partial charge in [0.2, 0.25) is 0 Å². The summed E-state index contributed by atoms with van der Waals surface area (Å²) in [6, 6.07) is 9.78. The second-order valence-corrected chi connectivity index (χ2v) is 6.49. The van der Waals surface area contributed by atoms with Crippen LogP contribution in [-0.4, -0.2) is 21.7 Å². The number of carbonyl (C=O) groups excluding carboxylic acids is 1. The van der Waals surface area contributed by atoms with Crippen molar-refractivity contribution in [2.24, 2.45) is 0 Å². The van der Waals surface area contributed by atoms with Crippen molar-refractivity contribution in [3.05, 3.63) is 41.0 Å². The Kier molecular flexibility index (Phi) is 5.01. The molecule has 0 spiro atoms. The Morgan fingerprint density at radius 3 is 2.78 bits per heavy atom. The fraction of sp³-hybridized carbons (Fsp3) is 0.444. The van der Waals surface area contributed by atoms with Gasteiger partial charge in [0.15, 0.2) is 5.69 Å². The quantitative estimate of drug-likeness (QED) is 0.908. The monoisotopic (exact) mass is 331 g/mol. The van der Waals surface area contributed by atoms with Gasteiger partial charge in [0, 0.05) is 23.2 Å². The summed E-state index contributed by atoms with van der Waals surface area (Å²) in [5.74, 6) is -0.0765. The van der Waals surface area contributed by atoms with Crippen LogP contribution in [0.4, 0.5) is 0 Å². The van der Waals surface area contributed by atoms with E-state index in [0.29, 0.717) is 17.3 Å². The fourth-order valence-corrected chi connectivity index (χ4v) is 3.35. The molecule has 1 aliphatic carbocycles. The number of aromatic nitrogens is 2. The van der Waals surface area contributed by atoms with Crippen LogP contribution >= 0.6 is 11.6 Å². The van der Waals surface area contributed by atoms with Gasteiger partial charge in [-0.1, -0.05) is 43.0 Å². The Bertz CT molecular complexity index is 689. The summed E-state index contributed by atoms with van der Waals surface area (Å²) in [4.78, 5) is 12.5. The molecule has 1 saturated carbocycles. The third-order valence-corrected chi connectivity index (χ3v) is 4.61. The summed E-state index contributed by atoms with van der Waals surface area (Å²) < 4.78 is 1.85. The summed E-state index contributed by atoms with van der Waals surface area (Å²) in [6.45, 7) is 2.72. The molecule has 0 bridgehead atoms. The van der Waals surface area contributed by atoms with Gasteiger partial charge < -0.3 is 5.32 Å². The Labute approximate surface area is 141 Å². The maximum Gasteiger partial charge on any atom is 0.272 e. The second-order valence-electron chi connectivity index (χ2n) is 6.05. The Morgan fingerprint density at radius 2 is 2.09 bits per heavy atom. The second kappa shape index (κ2) is 7.18. The van der Waals surface area contributed by atoms with Crippen molar-refractivity contribution in [3.63, 3.8) is 0 Å². The van der Waals surface area contributed by atoms with Crippen molar-refractivity contribution in [3.8, 4) is 11.3 Å². The number of hydrogen-bond donors (Lipinski definition) is 1. The van der Waals surface area contributed by atoms with E-state index in [9.17, 15) is 4.79 Å². The van der Waals surface area contributed by atoms with E-state index < -0.39 is 0 Å².